The predicted molar refractivity (Wildman–Crippen MR) is 123 cm³/mol. The van der Waals surface area contributed by atoms with Crippen molar-refractivity contribution in [3.05, 3.63) is 59.5 Å². The van der Waals surface area contributed by atoms with Crippen LogP contribution in [0.2, 0.25) is 0 Å². The van der Waals surface area contributed by atoms with Crippen LogP contribution in [-0.2, 0) is 19.5 Å². The lowest BCUT2D eigenvalue weighted by Gasteiger charge is -2.51. The maximum Gasteiger partial charge on any atom is 0.166 e. The van der Waals surface area contributed by atoms with Gasteiger partial charge in [0.25, 0.3) is 0 Å². The van der Waals surface area contributed by atoms with Gasteiger partial charge in [-0.05, 0) is 73.1 Å². The Morgan fingerprint density at radius 3 is 2.80 bits per heavy atom. The van der Waals surface area contributed by atoms with Gasteiger partial charge in [0, 0.05) is 38.8 Å². The lowest BCUT2D eigenvalue weighted by Crippen LogP contribution is -2.59. The Morgan fingerprint density at radius 1 is 1.10 bits per heavy atom. The quantitative estimate of drug-likeness (QED) is 0.695. The van der Waals surface area contributed by atoms with Gasteiger partial charge >= 0.3 is 0 Å². The summed E-state index contributed by atoms with van der Waals surface area (Å²) >= 11 is 5.46. The van der Waals surface area contributed by atoms with Gasteiger partial charge < -0.3 is 15.1 Å². The third kappa shape index (κ3) is 4.56. The summed E-state index contributed by atoms with van der Waals surface area (Å²) in [6.45, 7) is 7.63. The first-order valence-corrected chi connectivity index (χ1v) is 11.7. The summed E-state index contributed by atoms with van der Waals surface area (Å²) in [6, 6.07) is 13.4. The average Bonchev–Trinajstić information content (AvgIpc) is 3.31. The summed E-state index contributed by atoms with van der Waals surface area (Å²) in [7, 11) is 0. The van der Waals surface area contributed by atoms with Gasteiger partial charge in [-0.2, -0.15) is 0 Å². The van der Waals surface area contributed by atoms with Crippen LogP contribution in [0.4, 0.5) is 0 Å². The second-order valence-electron chi connectivity index (χ2n) is 9.09. The molecule has 5 nitrogen and oxygen atoms in total. The molecule has 3 saturated heterocycles. The molecule has 160 valence electrons. The van der Waals surface area contributed by atoms with Crippen LogP contribution in [0.25, 0.3) is 0 Å². The number of thiocarbonyl (C=S) groups is 1. The van der Waals surface area contributed by atoms with E-state index >= 15 is 0 Å². The van der Waals surface area contributed by atoms with Gasteiger partial charge in [-0.1, -0.05) is 24.3 Å². The predicted octanol–water partition coefficient (Wildman–Crippen LogP) is 3.01. The molecule has 6 rings (SSSR count). The van der Waals surface area contributed by atoms with E-state index in [0.29, 0.717) is 12.6 Å². The minimum atomic E-state index is 0.602. The fourth-order valence-corrected chi connectivity index (χ4v) is 5.72. The molecule has 2 bridgehead atoms. The number of nitrogens with one attached hydrogen (secondary N) is 2. The minimum absolute atomic E-state index is 0.602. The second kappa shape index (κ2) is 9.08. The van der Waals surface area contributed by atoms with Crippen LogP contribution in [0.5, 0.6) is 0 Å². The van der Waals surface area contributed by atoms with Crippen molar-refractivity contribution in [2.75, 3.05) is 32.7 Å². The van der Waals surface area contributed by atoms with Crippen molar-refractivity contribution in [1.29, 1.82) is 0 Å². The van der Waals surface area contributed by atoms with E-state index in [-0.39, 0.29) is 0 Å². The molecular formula is C24H32N4OS. The molecule has 4 aliphatic heterocycles. The minimum Gasteiger partial charge on any atom is -0.467 e. The molecule has 0 spiro atoms. The molecule has 1 unspecified atom stereocenters. The van der Waals surface area contributed by atoms with Crippen molar-refractivity contribution in [3.8, 4) is 0 Å². The summed E-state index contributed by atoms with van der Waals surface area (Å²) in [4.78, 5) is 5.39. The van der Waals surface area contributed by atoms with E-state index in [4.69, 9.17) is 16.6 Å². The first kappa shape index (κ1) is 20.0. The molecule has 4 aliphatic rings. The van der Waals surface area contributed by atoms with Gasteiger partial charge in [0.15, 0.2) is 5.11 Å². The molecule has 5 heterocycles. The highest BCUT2D eigenvalue weighted by Gasteiger charge is 2.40. The third-order valence-electron chi connectivity index (χ3n) is 7.22. The van der Waals surface area contributed by atoms with E-state index in [1.54, 1.807) is 11.8 Å². The smallest absolute Gasteiger partial charge is 0.166 e. The van der Waals surface area contributed by atoms with Crippen LogP contribution in [-0.4, -0.2) is 53.7 Å². The van der Waals surface area contributed by atoms with E-state index in [9.17, 15) is 0 Å². The summed E-state index contributed by atoms with van der Waals surface area (Å²) in [6.07, 6.45) is 5.54. The Bertz CT molecular complexity index is 855. The Kier molecular flexibility index (Phi) is 6.07. The van der Waals surface area contributed by atoms with Crippen molar-refractivity contribution >= 4 is 17.3 Å². The lowest BCUT2D eigenvalue weighted by molar-refractivity contribution is -0.0121. The van der Waals surface area contributed by atoms with Gasteiger partial charge in [-0.3, -0.25) is 9.80 Å². The molecule has 3 fully saturated rings. The standard InChI is InChI=1S/C24H32N4OS/c30-24(26-14-23-6-3-11-29-23)25-13-22-12-19-8-10-28(22)17-21(19)16-27-9-7-18-4-1-2-5-20(18)15-27/h1-6,11,19,21-22H,7-10,12-17H2,(H2,25,26,30)/t19-,21+,22+/m0/s1. The number of piperidine rings is 3. The zero-order valence-electron chi connectivity index (χ0n) is 17.6. The van der Waals surface area contributed by atoms with Crippen LogP contribution in [0.3, 0.4) is 0 Å². The Morgan fingerprint density at radius 2 is 2.00 bits per heavy atom. The van der Waals surface area contributed by atoms with Crippen LogP contribution >= 0.6 is 12.2 Å². The number of furan rings is 1. The number of fused-ring (bicyclic) bond motifs is 4. The topological polar surface area (TPSA) is 43.7 Å². The van der Waals surface area contributed by atoms with Crippen LogP contribution in [0.15, 0.2) is 47.1 Å². The summed E-state index contributed by atoms with van der Waals surface area (Å²) in [5.74, 6) is 2.57. The highest BCUT2D eigenvalue weighted by atomic mass is 32.1. The van der Waals surface area contributed by atoms with E-state index in [1.807, 2.05) is 12.1 Å². The van der Waals surface area contributed by atoms with Crippen molar-refractivity contribution in [2.24, 2.45) is 11.8 Å². The number of hydrogen-bond acceptors (Lipinski definition) is 4. The third-order valence-corrected chi connectivity index (χ3v) is 7.51. The molecular weight excluding hydrogens is 392 g/mol. The van der Waals surface area contributed by atoms with Crippen molar-refractivity contribution in [2.45, 2.75) is 38.4 Å². The maximum atomic E-state index is 5.46. The van der Waals surface area contributed by atoms with Gasteiger partial charge in [0.2, 0.25) is 0 Å². The molecule has 0 saturated carbocycles. The molecule has 0 aliphatic carbocycles. The lowest BCUT2D eigenvalue weighted by atomic mass is 9.75. The number of nitrogens with zero attached hydrogens (tertiary/aromatic N) is 2. The Balaban J connectivity index is 1.08. The van der Waals surface area contributed by atoms with Crippen molar-refractivity contribution in [1.82, 2.24) is 20.4 Å². The largest absolute Gasteiger partial charge is 0.467 e. The van der Waals surface area contributed by atoms with Crippen molar-refractivity contribution < 1.29 is 4.42 Å². The normalized spacial score (nSPS) is 28.1. The zero-order chi connectivity index (χ0) is 20.3. The zero-order valence-corrected chi connectivity index (χ0v) is 18.4. The molecule has 1 aromatic heterocycles. The van der Waals surface area contributed by atoms with Crippen molar-refractivity contribution in [3.63, 3.8) is 0 Å². The van der Waals surface area contributed by atoms with Gasteiger partial charge in [0.1, 0.15) is 5.76 Å². The van der Waals surface area contributed by atoms with E-state index in [0.717, 1.165) is 35.8 Å². The number of hydrogen-bond donors (Lipinski definition) is 2. The number of benzene rings is 1. The fourth-order valence-electron chi connectivity index (χ4n) is 5.56. The highest BCUT2D eigenvalue weighted by Crippen LogP contribution is 2.37. The van der Waals surface area contributed by atoms with Crippen LogP contribution < -0.4 is 10.6 Å². The maximum absolute atomic E-state index is 5.46. The molecule has 6 heteroatoms. The molecule has 0 amide bonds. The van der Waals surface area contributed by atoms with E-state index < -0.39 is 0 Å². The monoisotopic (exact) mass is 424 g/mol. The first-order chi connectivity index (χ1) is 14.7. The second-order valence-corrected chi connectivity index (χ2v) is 9.50. The SMILES string of the molecule is S=C(NCc1ccco1)NC[C@H]1C[C@@H]2CCN1C[C@H]2CN1CCc2ccccc2C1. The molecule has 4 atom stereocenters. The van der Waals surface area contributed by atoms with E-state index in [2.05, 4.69) is 44.7 Å². The Labute approximate surface area is 184 Å². The van der Waals surface area contributed by atoms with Crippen LogP contribution in [0.1, 0.15) is 29.7 Å². The fraction of sp³-hybridized carbons (Fsp3) is 0.542. The Hall–Kier alpha value is -1.89. The summed E-state index contributed by atoms with van der Waals surface area (Å²) in [5, 5.41) is 7.39. The number of rotatable bonds is 6. The molecule has 1 aromatic carbocycles. The van der Waals surface area contributed by atoms with E-state index in [1.165, 1.54) is 51.0 Å². The average molecular weight is 425 g/mol. The van der Waals surface area contributed by atoms with Gasteiger partial charge in [0.05, 0.1) is 12.8 Å². The first-order valence-electron chi connectivity index (χ1n) is 11.3. The summed E-state index contributed by atoms with van der Waals surface area (Å²) < 4.78 is 5.35. The highest BCUT2D eigenvalue weighted by molar-refractivity contribution is 7.80. The molecule has 2 aromatic rings. The van der Waals surface area contributed by atoms with Crippen LogP contribution in [0, 0.1) is 11.8 Å². The van der Waals surface area contributed by atoms with Gasteiger partial charge in [-0.25, -0.2) is 0 Å². The molecule has 2 N–H and O–H groups in total. The summed E-state index contributed by atoms with van der Waals surface area (Å²) in [5.41, 5.74) is 3.08. The molecule has 0 radical (unpaired) electrons. The molecule has 30 heavy (non-hydrogen) atoms. The van der Waals surface area contributed by atoms with Gasteiger partial charge in [-0.15, -0.1) is 0 Å².